The highest BCUT2D eigenvalue weighted by atomic mass is 16.5. The lowest BCUT2D eigenvalue weighted by molar-refractivity contribution is -0.155. The molecule has 21 heavy (non-hydrogen) atoms. The molecule has 2 aliphatic rings. The van der Waals surface area contributed by atoms with Gasteiger partial charge in [0.05, 0.1) is 5.92 Å². The first-order valence-electron chi connectivity index (χ1n) is 8.58. The Morgan fingerprint density at radius 1 is 1.00 bits per heavy atom. The average Bonchev–Trinajstić information content (AvgIpc) is 3.21. The van der Waals surface area contributed by atoms with E-state index in [4.69, 9.17) is 4.74 Å². The third-order valence-electron chi connectivity index (χ3n) is 5.14. The number of ether oxygens (including phenoxy) is 1. The van der Waals surface area contributed by atoms with Crippen LogP contribution in [0.3, 0.4) is 0 Å². The third kappa shape index (κ3) is 3.87. The van der Waals surface area contributed by atoms with Gasteiger partial charge in [-0.3, -0.25) is 4.79 Å². The van der Waals surface area contributed by atoms with Crippen LogP contribution < -0.4 is 0 Å². The maximum Gasteiger partial charge on any atom is 0.309 e. The number of rotatable bonds is 5. The van der Waals surface area contributed by atoms with Gasteiger partial charge in [-0.25, -0.2) is 0 Å². The molecule has 114 valence electrons. The van der Waals surface area contributed by atoms with E-state index in [2.05, 4.69) is 12.1 Å². The van der Waals surface area contributed by atoms with E-state index >= 15 is 0 Å². The number of carbonyl (C=O) groups excluding carboxylic acids is 1. The van der Waals surface area contributed by atoms with Crippen molar-refractivity contribution < 1.29 is 9.53 Å². The summed E-state index contributed by atoms with van der Waals surface area (Å²) in [7, 11) is 0. The molecule has 2 aliphatic carbocycles. The SMILES string of the molecule is O=C(O[C@@H](CC1CCCC1)c1ccccc1)C1CCCC1. The number of carbonyl (C=O) groups is 1. The number of esters is 1. The molecule has 3 rings (SSSR count). The summed E-state index contributed by atoms with van der Waals surface area (Å²) < 4.78 is 5.94. The smallest absolute Gasteiger partial charge is 0.309 e. The predicted octanol–water partition coefficient (Wildman–Crippen LogP) is 5.04. The van der Waals surface area contributed by atoms with Crippen LogP contribution in [0, 0.1) is 11.8 Å². The first-order valence-corrected chi connectivity index (χ1v) is 8.58. The lowest BCUT2D eigenvalue weighted by Gasteiger charge is -2.23. The quantitative estimate of drug-likeness (QED) is 0.709. The Morgan fingerprint density at radius 3 is 2.29 bits per heavy atom. The van der Waals surface area contributed by atoms with Gasteiger partial charge in [0.15, 0.2) is 0 Å². The van der Waals surface area contributed by atoms with Crippen LogP contribution in [0.25, 0.3) is 0 Å². The molecule has 1 atom stereocenters. The zero-order valence-electron chi connectivity index (χ0n) is 12.8. The monoisotopic (exact) mass is 286 g/mol. The van der Waals surface area contributed by atoms with Crippen LogP contribution in [0.2, 0.25) is 0 Å². The van der Waals surface area contributed by atoms with Gasteiger partial charge < -0.3 is 4.74 Å². The topological polar surface area (TPSA) is 26.3 Å². The fourth-order valence-electron chi connectivity index (χ4n) is 3.87. The molecule has 0 aromatic heterocycles. The van der Waals surface area contributed by atoms with Gasteiger partial charge >= 0.3 is 5.97 Å². The van der Waals surface area contributed by atoms with Gasteiger partial charge in [-0.15, -0.1) is 0 Å². The maximum atomic E-state index is 12.4. The van der Waals surface area contributed by atoms with Crippen LogP contribution in [0.15, 0.2) is 30.3 Å². The van der Waals surface area contributed by atoms with Crippen LogP contribution in [0.5, 0.6) is 0 Å². The van der Waals surface area contributed by atoms with E-state index in [-0.39, 0.29) is 18.0 Å². The van der Waals surface area contributed by atoms with Gasteiger partial charge in [0.25, 0.3) is 0 Å². The molecule has 2 saturated carbocycles. The van der Waals surface area contributed by atoms with Crippen molar-refractivity contribution in [3.63, 3.8) is 0 Å². The lowest BCUT2D eigenvalue weighted by Crippen LogP contribution is -2.19. The van der Waals surface area contributed by atoms with Gasteiger partial charge in [0.2, 0.25) is 0 Å². The van der Waals surface area contributed by atoms with Gasteiger partial charge in [0, 0.05) is 0 Å². The van der Waals surface area contributed by atoms with Crippen LogP contribution in [-0.2, 0) is 9.53 Å². The largest absolute Gasteiger partial charge is 0.457 e. The molecule has 0 saturated heterocycles. The third-order valence-corrected chi connectivity index (χ3v) is 5.14. The number of hydrogen-bond acceptors (Lipinski definition) is 2. The van der Waals surface area contributed by atoms with Crippen molar-refractivity contribution in [2.24, 2.45) is 11.8 Å². The minimum Gasteiger partial charge on any atom is -0.457 e. The zero-order valence-corrected chi connectivity index (χ0v) is 12.8. The van der Waals surface area contributed by atoms with Gasteiger partial charge in [-0.05, 0) is 30.7 Å². The highest BCUT2D eigenvalue weighted by Crippen LogP contribution is 2.36. The summed E-state index contributed by atoms with van der Waals surface area (Å²) in [5, 5.41) is 0. The highest BCUT2D eigenvalue weighted by Gasteiger charge is 2.29. The highest BCUT2D eigenvalue weighted by molar-refractivity contribution is 5.73. The molecule has 2 nitrogen and oxygen atoms in total. The normalized spacial score (nSPS) is 21.5. The summed E-state index contributed by atoms with van der Waals surface area (Å²) in [6.45, 7) is 0. The Bertz CT molecular complexity index is 442. The first-order chi connectivity index (χ1) is 10.3. The summed E-state index contributed by atoms with van der Waals surface area (Å²) in [6, 6.07) is 10.3. The minimum absolute atomic E-state index is 0.0394. The van der Waals surface area contributed by atoms with Crippen molar-refractivity contribution in [1.82, 2.24) is 0 Å². The molecule has 1 aromatic carbocycles. The standard InChI is InChI=1S/C19H26O2/c20-19(17-12-6-7-13-17)21-18(14-15-8-4-5-9-15)16-10-2-1-3-11-16/h1-3,10-11,15,17-18H,4-9,12-14H2/t18-/m0/s1. The Morgan fingerprint density at radius 2 is 1.62 bits per heavy atom. The summed E-state index contributed by atoms with van der Waals surface area (Å²) in [5.41, 5.74) is 1.16. The predicted molar refractivity (Wildman–Crippen MR) is 83.8 cm³/mol. The second-order valence-corrected chi connectivity index (χ2v) is 6.70. The van der Waals surface area contributed by atoms with Gasteiger partial charge in [-0.1, -0.05) is 68.9 Å². The summed E-state index contributed by atoms with van der Waals surface area (Å²) >= 11 is 0. The van der Waals surface area contributed by atoms with E-state index < -0.39 is 0 Å². The maximum absolute atomic E-state index is 12.4. The van der Waals surface area contributed by atoms with E-state index in [1.165, 1.54) is 38.5 Å². The molecule has 2 fully saturated rings. The zero-order chi connectivity index (χ0) is 14.5. The lowest BCUT2D eigenvalue weighted by atomic mass is 9.95. The Hall–Kier alpha value is -1.31. The van der Waals surface area contributed by atoms with Gasteiger partial charge in [0.1, 0.15) is 6.10 Å². The van der Waals surface area contributed by atoms with Crippen LogP contribution in [0.4, 0.5) is 0 Å². The van der Waals surface area contributed by atoms with Crippen molar-refractivity contribution in [3.05, 3.63) is 35.9 Å². The van der Waals surface area contributed by atoms with Crippen LogP contribution in [0.1, 0.15) is 69.5 Å². The van der Waals surface area contributed by atoms with Crippen molar-refractivity contribution in [3.8, 4) is 0 Å². The molecule has 0 spiro atoms. The first kappa shape index (κ1) is 14.6. The van der Waals surface area contributed by atoms with E-state index in [9.17, 15) is 4.79 Å². The van der Waals surface area contributed by atoms with E-state index in [1.54, 1.807) is 0 Å². The molecule has 1 aromatic rings. The van der Waals surface area contributed by atoms with Crippen molar-refractivity contribution in [2.45, 2.75) is 63.9 Å². The average molecular weight is 286 g/mol. The minimum atomic E-state index is -0.0394. The summed E-state index contributed by atoms with van der Waals surface area (Å²) in [5.74, 6) is 0.922. The molecule has 0 radical (unpaired) electrons. The Kier molecular flexibility index (Phi) is 4.95. The van der Waals surface area contributed by atoms with Crippen LogP contribution in [-0.4, -0.2) is 5.97 Å². The molecule has 0 aliphatic heterocycles. The molecule has 2 heteroatoms. The molecule has 0 heterocycles. The second kappa shape index (κ2) is 7.11. The van der Waals surface area contributed by atoms with Crippen molar-refractivity contribution in [1.29, 1.82) is 0 Å². The molecule has 0 unspecified atom stereocenters. The van der Waals surface area contributed by atoms with Crippen molar-refractivity contribution >= 4 is 5.97 Å². The van der Waals surface area contributed by atoms with E-state index in [0.29, 0.717) is 0 Å². The molecular formula is C19H26O2. The molecule has 0 amide bonds. The fourth-order valence-corrected chi connectivity index (χ4v) is 3.87. The van der Waals surface area contributed by atoms with E-state index in [0.717, 1.165) is 30.7 Å². The van der Waals surface area contributed by atoms with E-state index in [1.807, 2.05) is 18.2 Å². The van der Waals surface area contributed by atoms with Gasteiger partial charge in [-0.2, -0.15) is 0 Å². The molecule has 0 N–H and O–H groups in total. The number of hydrogen-bond donors (Lipinski definition) is 0. The van der Waals surface area contributed by atoms with Crippen LogP contribution >= 0.6 is 0 Å². The molecule has 0 bridgehead atoms. The molecular weight excluding hydrogens is 260 g/mol. The fraction of sp³-hybridized carbons (Fsp3) is 0.632. The van der Waals surface area contributed by atoms with Crippen molar-refractivity contribution in [2.75, 3.05) is 0 Å². The second-order valence-electron chi connectivity index (χ2n) is 6.70. The summed E-state index contributed by atoms with van der Waals surface area (Å²) in [6.07, 6.45) is 10.6. The summed E-state index contributed by atoms with van der Waals surface area (Å²) in [4.78, 5) is 12.4. The number of benzene rings is 1. The Balaban J connectivity index is 1.67. The Labute approximate surface area is 127 Å².